The van der Waals surface area contributed by atoms with E-state index in [0.29, 0.717) is 18.0 Å². The molecule has 5 nitrogen and oxygen atoms in total. The van der Waals surface area contributed by atoms with Crippen LogP contribution in [-0.4, -0.2) is 38.9 Å². The van der Waals surface area contributed by atoms with Crippen molar-refractivity contribution in [1.82, 2.24) is 19.9 Å². The van der Waals surface area contributed by atoms with Crippen molar-refractivity contribution in [3.05, 3.63) is 47.2 Å². The monoisotopic (exact) mass is 290 g/mol. The minimum Gasteiger partial charge on any atom is -0.340 e. The molecule has 104 valence electrons. The third-order valence-corrected chi connectivity index (χ3v) is 4.00. The van der Waals surface area contributed by atoms with Crippen LogP contribution in [0.15, 0.2) is 36.7 Å². The van der Waals surface area contributed by atoms with Crippen LogP contribution in [0.2, 0.25) is 5.02 Å². The van der Waals surface area contributed by atoms with E-state index < -0.39 is 0 Å². The first-order chi connectivity index (χ1) is 9.74. The third kappa shape index (κ3) is 2.67. The van der Waals surface area contributed by atoms with Crippen molar-refractivity contribution in [2.24, 2.45) is 0 Å². The Balaban J connectivity index is 1.63. The second kappa shape index (κ2) is 5.63. The number of carbonyl (C=O) groups excluding carboxylic acids is 1. The molecule has 0 aliphatic carbocycles. The highest BCUT2D eigenvalue weighted by atomic mass is 35.5. The van der Waals surface area contributed by atoms with E-state index in [2.05, 4.69) is 10.3 Å². The van der Waals surface area contributed by atoms with Crippen LogP contribution in [0.4, 0.5) is 0 Å². The van der Waals surface area contributed by atoms with Crippen LogP contribution in [0.1, 0.15) is 18.0 Å². The van der Waals surface area contributed by atoms with Crippen LogP contribution in [0, 0.1) is 0 Å². The van der Waals surface area contributed by atoms with Crippen molar-refractivity contribution in [2.75, 3.05) is 13.1 Å². The molecule has 1 aromatic carbocycles. The molecule has 2 heterocycles. The average Bonchev–Trinajstić information content (AvgIpc) is 3.11. The Morgan fingerprint density at radius 1 is 1.40 bits per heavy atom. The van der Waals surface area contributed by atoms with Gasteiger partial charge < -0.3 is 4.90 Å². The van der Waals surface area contributed by atoms with Crippen LogP contribution in [-0.2, 0) is 11.2 Å². The molecule has 0 bridgehead atoms. The summed E-state index contributed by atoms with van der Waals surface area (Å²) < 4.78 is 1.82. The maximum absolute atomic E-state index is 12.3. The molecule has 20 heavy (non-hydrogen) atoms. The maximum atomic E-state index is 12.3. The average molecular weight is 291 g/mol. The van der Waals surface area contributed by atoms with Gasteiger partial charge in [-0.25, -0.2) is 4.68 Å². The zero-order valence-electron chi connectivity index (χ0n) is 10.9. The molecular formula is C14H15ClN4O. The van der Waals surface area contributed by atoms with Gasteiger partial charge >= 0.3 is 0 Å². The molecule has 1 aliphatic heterocycles. The Bertz CT molecular complexity index is 599. The van der Waals surface area contributed by atoms with Gasteiger partial charge in [0.05, 0.1) is 18.7 Å². The highest BCUT2D eigenvalue weighted by Gasteiger charge is 2.27. The molecule has 0 spiro atoms. The summed E-state index contributed by atoms with van der Waals surface area (Å²) >= 11 is 6.09. The second-order valence-corrected chi connectivity index (χ2v) is 5.34. The van der Waals surface area contributed by atoms with Gasteiger partial charge in [-0.1, -0.05) is 35.0 Å². The van der Waals surface area contributed by atoms with Gasteiger partial charge in [0.1, 0.15) is 0 Å². The molecule has 2 aromatic rings. The number of likely N-dealkylation sites (tertiary alicyclic amines) is 1. The van der Waals surface area contributed by atoms with Gasteiger partial charge in [0.2, 0.25) is 5.91 Å². The van der Waals surface area contributed by atoms with E-state index in [4.69, 9.17) is 11.6 Å². The first-order valence-electron chi connectivity index (χ1n) is 6.61. The van der Waals surface area contributed by atoms with Crippen molar-refractivity contribution in [3.8, 4) is 0 Å². The highest BCUT2D eigenvalue weighted by Crippen LogP contribution is 2.22. The van der Waals surface area contributed by atoms with Gasteiger partial charge in [0.15, 0.2) is 0 Å². The summed E-state index contributed by atoms with van der Waals surface area (Å²) in [6, 6.07) is 7.70. The summed E-state index contributed by atoms with van der Waals surface area (Å²) in [6.07, 6.45) is 4.77. The Labute approximate surface area is 122 Å². The largest absolute Gasteiger partial charge is 0.340 e. The quantitative estimate of drug-likeness (QED) is 0.868. The summed E-state index contributed by atoms with van der Waals surface area (Å²) in [7, 11) is 0. The Hall–Kier alpha value is -1.88. The summed E-state index contributed by atoms with van der Waals surface area (Å²) in [4.78, 5) is 14.2. The fourth-order valence-corrected chi connectivity index (χ4v) is 2.72. The van der Waals surface area contributed by atoms with Gasteiger partial charge in [0.25, 0.3) is 0 Å². The number of hydrogen-bond donors (Lipinski definition) is 0. The fourth-order valence-electron chi connectivity index (χ4n) is 2.51. The van der Waals surface area contributed by atoms with E-state index in [1.165, 1.54) is 0 Å². The minimum absolute atomic E-state index is 0.112. The number of carbonyl (C=O) groups is 1. The Morgan fingerprint density at radius 3 is 3.00 bits per heavy atom. The highest BCUT2D eigenvalue weighted by molar-refractivity contribution is 6.31. The number of aromatic nitrogens is 3. The summed E-state index contributed by atoms with van der Waals surface area (Å²) in [6.45, 7) is 1.44. The minimum atomic E-state index is 0.112. The number of halogens is 1. The van der Waals surface area contributed by atoms with Crippen LogP contribution < -0.4 is 0 Å². The van der Waals surface area contributed by atoms with Crippen molar-refractivity contribution in [3.63, 3.8) is 0 Å². The number of hydrogen-bond acceptors (Lipinski definition) is 3. The van der Waals surface area contributed by atoms with Gasteiger partial charge in [-0.05, 0) is 18.1 Å². The Morgan fingerprint density at radius 2 is 2.25 bits per heavy atom. The van der Waals surface area contributed by atoms with Gasteiger partial charge in [-0.2, -0.15) is 0 Å². The smallest absolute Gasteiger partial charge is 0.227 e. The van der Waals surface area contributed by atoms with E-state index in [9.17, 15) is 4.79 Å². The van der Waals surface area contributed by atoms with E-state index in [1.54, 1.807) is 6.20 Å². The Kier molecular flexibility index (Phi) is 3.69. The summed E-state index contributed by atoms with van der Waals surface area (Å²) in [5.41, 5.74) is 0.878. The standard InChI is InChI=1S/C14H15ClN4O/c15-13-4-2-1-3-11(13)9-14(20)18-7-5-12(10-18)19-8-6-16-17-19/h1-4,6,8,12H,5,7,9-10H2. The van der Waals surface area contributed by atoms with Crippen LogP contribution in [0.3, 0.4) is 0 Å². The summed E-state index contributed by atoms with van der Waals surface area (Å²) in [5, 5.41) is 8.45. The van der Waals surface area contributed by atoms with E-state index in [-0.39, 0.29) is 11.9 Å². The van der Waals surface area contributed by atoms with Crippen molar-refractivity contribution in [2.45, 2.75) is 18.9 Å². The van der Waals surface area contributed by atoms with Crippen LogP contribution in [0.5, 0.6) is 0 Å². The maximum Gasteiger partial charge on any atom is 0.227 e. The third-order valence-electron chi connectivity index (χ3n) is 3.63. The van der Waals surface area contributed by atoms with E-state index in [1.807, 2.05) is 40.0 Å². The number of rotatable bonds is 3. The lowest BCUT2D eigenvalue weighted by molar-refractivity contribution is -0.129. The van der Waals surface area contributed by atoms with Crippen molar-refractivity contribution < 1.29 is 4.79 Å². The topological polar surface area (TPSA) is 51.0 Å². The molecule has 0 saturated carbocycles. The van der Waals surface area contributed by atoms with Crippen LogP contribution in [0.25, 0.3) is 0 Å². The molecule has 6 heteroatoms. The molecule has 1 unspecified atom stereocenters. The van der Waals surface area contributed by atoms with E-state index in [0.717, 1.165) is 18.5 Å². The normalized spacial score (nSPS) is 18.4. The van der Waals surface area contributed by atoms with Crippen LogP contribution >= 0.6 is 11.6 Å². The molecule has 1 atom stereocenters. The molecule has 0 radical (unpaired) electrons. The van der Waals surface area contributed by atoms with Crippen molar-refractivity contribution >= 4 is 17.5 Å². The summed E-state index contributed by atoms with van der Waals surface area (Å²) in [5.74, 6) is 0.112. The lowest BCUT2D eigenvalue weighted by Crippen LogP contribution is -2.30. The number of amides is 1. The lowest BCUT2D eigenvalue weighted by Gasteiger charge is -2.17. The molecule has 1 saturated heterocycles. The fraction of sp³-hybridized carbons (Fsp3) is 0.357. The first kappa shape index (κ1) is 13.1. The number of nitrogens with zero attached hydrogens (tertiary/aromatic N) is 4. The molecular weight excluding hydrogens is 276 g/mol. The van der Waals surface area contributed by atoms with Gasteiger partial charge in [-0.3, -0.25) is 4.79 Å². The predicted octanol–water partition coefficient (Wildman–Crippen LogP) is 1.95. The van der Waals surface area contributed by atoms with E-state index >= 15 is 0 Å². The number of benzene rings is 1. The second-order valence-electron chi connectivity index (χ2n) is 4.93. The SMILES string of the molecule is O=C(Cc1ccccc1Cl)N1CCC(n2ccnn2)C1. The molecule has 0 N–H and O–H groups in total. The zero-order valence-corrected chi connectivity index (χ0v) is 11.7. The molecule has 1 aromatic heterocycles. The lowest BCUT2D eigenvalue weighted by atomic mass is 10.1. The zero-order chi connectivity index (χ0) is 13.9. The van der Waals surface area contributed by atoms with Gasteiger partial charge in [-0.15, -0.1) is 5.10 Å². The van der Waals surface area contributed by atoms with Crippen molar-refractivity contribution in [1.29, 1.82) is 0 Å². The molecule has 1 aliphatic rings. The molecule has 3 rings (SSSR count). The van der Waals surface area contributed by atoms with Gasteiger partial charge in [0, 0.05) is 24.3 Å². The molecule has 1 fully saturated rings. The first-order valence-corrected chi connectivity index (χ1v) is 6.99. The molecule has 1 amide bonds. The predicted molar refractivity (Wildman–Crippen MR) is 75.4 cm³/mol.